The molecule has 0 bridgehead atoms. The number of pyridine rings is 1. The van der Waals surface area contributed by atoms with Crippen LogP contribution in [-0.2, 0) is 33.9 Å². The van der Waals surface area contributed by atoms with Gasteiger partial charge in [-0.3, -0.25) is 19.1 Å². The van der Waals surface area contributed by atoms with Crippen molar-refractivity contribution < 1.29 is 46.5 Å². The highest BCUT2D eigenvalue weighted by Crippen LogP contribution is 2.46. The van der Waals surface area contributed by atoms with E-state index in [1.54, 1.807) is 46.2 Å². The second-order valence-electron chi connectivity index (χ2n) is 14.4. The Morgan fingerprint density at radius 1 is 1.12 bits per heavy atom. The van der Waals surface area contributed by atoms with Crippen LogP contribution in [0.25, 0.3) is 10.8 Å². The van der Waals surface area contributed by atoms with Gasteiger partial charge in [-0.1, -0.05) is 12.2 Å². The lowest BCUT2D eigenvalue weighted by Gasteiger charge is -2.30. The number of rotatable bonds is 7. The predicted octanol–water partition coefficient (Wildman–Crippen LogP) is 2.33. The van der Waals surface area contributed by atoms with Crippen molar-refractivity contribution in [2.45, 2.75) is 93.9 Å². The summed E-state index contributed by atoms with van der Waals surface area (Å²) in [6, 6.07) is 4.97. The van der Waals surface area contributed by atoms with Crippen molar-refractivity contribution in [3.05, 3.63) is 42.6 Å². The molecule has 5 atom stereocenters. The minimum atomic E-state index is -3.90. The van der Waals surface area contributed by atoms with Crippen LogP contribution in [0, 0.1) is 5.92 Å². The van der Waals surface area contributed by atoms with Gasteiger partial charge in [-0.2, -0.15) is 0 Å². The number of ether oxygens (including phenoxy) is 4. The van der Waals surface area contributed by atoms with Gasteiger partial charge in [0.15, 0.2) is 0 Å². The van der Waals surface area contributed by atoms with Crippen molar-refractivity contribution in [1.29, 1.82) is 0 Å². The summed E-state index contributed by atoms with van der Waals surface area (Å²) in [4.78, 5) is 60.8. The molecule has 1 saturated heterocycles. The SMILES string of the molecule is COc1ccc2c(OC3C[C@H]4C(=O)N[C@]5(C(=O)NS(=O)(=O)C6CC6)C[C@H]5C=CCCOCC[C@H](NC(=O)OC(C)(C)C)C(=O)N4C3)nccc2c1. The van der Waals surface area contributed by atoms with Gasteiger partial charge in [0, 0.05) is 36.9 Å². The Balaban J connectivity index is 1.30. The van der Waals surface area contributed by atoms with E-state index in [9.17, 15) is 27.6 Å². The lowest BCUT2D eigenvalue weighted by molar-refractivity contribution is -0.141. The molecule has 2 aliphatic heterocycles. The lowest BCUT2D eigenvalue weighted by atomic mass is 10.1. The largest absolute Gasteiger partial charge is 0.497 e. The number of nitrogens with one attached hydrogen (secondary N) is 3. The minimum Gasteiger partial charge on any atom is -0.497 e. The molecule has 3 heterocycles. The van der Waals surface area contributed by atoms with E-state index in [1.165, 1.54) is 4.90 Å². The van der Waals surface area contributed by atoms with Crippen molar-refractivity contribution in [1.82, 2.24) is 25.2 Å². The van der Waals surface area contributed by atoms with Gasteiger partial charge >= 0.3 is 6.09 Å². The Labute approximate surface area is 296 Å². The summed E-state index contributed by atoms with van der Waals surface area (Å²) in [5, 5.41) is 6.36. The zero-order chi connectivity index (χ0) is 36.6. The molecule has 3 fully saturated rings. The maximum atomic E-state index is 14.3. The van der Waals surface area contributed by atoms with Crippen molar-refractivity contribution in [3.8, 4) is 11.6 Å². The predicted molar refractivity (Wildman–Crippen MR) is 184 cm³/mol. The summed E-state index contributed by atoms with van der Waals surface area (Å²) in [5.74, 6) is -1.57. The number of carbonyl (C=O) groups is 4. The number of fused-ring (bicyclic) bond motifs is 3. The van der Waals surface area contributed by atoms with Gasteiger partial charge in [0.1, 0.15) is 35.1 Å². The molecule has 16 heteroatoms. The number of benzene rings is 1. The summed E-state index contributed by atoms with van der Waals surface area (Å²) in [6.07, 6.45) is 5.37. The molecule has 0 spiro atoms. The zero-order valence-electron chi connectivity index (χ0n) is 29.2. The lowest BCUT2D eigenvalue weighted by Crippen LogP contribution is -2.58. The number of methoxy groups -OCH3 is 1. The zero-order valence-corrected chi connectivity index (χ0v) is 30.0. The van der Waals surface area contributed by atoms with Crippen LogP contribution in [0.3, 0.4) is 0 Å². The van der Waals surface area contributed by atoms with Crippen LogP contribution < -0.4 is 24.8 Å². The van der Waals surface area contributed by atoms with Crippen molar-refractivity contribution in [2.75, 3.05) is 26.9 Å². The summed E-state index contributed by atoms with van der Waals surface area (Å²) >= 11 is 0. The highest BCUT2D eigenvalue weighted by molar-refractivity contribution is 7.91. The van der Waals surface area contributed by atoms with Crippen LogP contribution in [0.15, 0.2) is 42.6 Å². The molecule has 1 aromatic carbocycles. The van der Waals surface area contributed by atoms with Crippen molar-refractivity contribution >= 4 is 44.6 Å². The molecule has 6 rings (SSSR count). The average Bonchev–Trinajstić information content (AvgIpc) is 3.99. The van der Waals surface area contributed by atoms with E-state index in [0.29, 0.717) is 42.9 Å². The van der Waals surface area contributed by atoms with Crippen LogP contribution in [0.2, 0.25) is 0 Å². The number of sulfonamides is 1. The first-order valence-electron chi connectivity index (χ1n) is 17.2. The molecule has 51 heavy (non-hydrogen) atoms. The minimum absolute atomic E-state index is 0.0278. The van der Waals surface area contributed by atoms with Gasteiger partial charge in [-0.15, -0.1) is 0 Å². The third-order valence-corrected chi connectivity index (χ3v) is 11.2. The molecule has 276 valence electrons. The average molecular weight is 728 g/mol. The first-order chi connectivity index (χ1) is 24.2. The Kier molecular flexibility index (Phi) is 10.2. The molecule has 1 aromatic heterocycles. The first-order valence-corrected chi connectivity index (χ1v) is 18.8. The molecule has 0 radical (unpaired) electrons. The summed E-state index contributed by atoms with van der Waals surface area (Å²) < 4.78 is 50.6. The van der Waals surface area contributed by atoms with E-state index in [-0.39, 0.29) is 32.4 Å². The van der Waals surface area contributed by atoms with E-state index in [0.717, 1.165) is 5.39 Å². The number of nitrogens with zero attached hydrogens (tertiary/aromatic N) is 2. The molecule has 2 aliphatic carbocycles. The van der Waals surface area contributed by atoms with Gasteiger partial charge in [-0.05, 0) is 76.1 Å². The highest BCUT2D eigenvalue weighted by atomic mass is 32.2. The number of alkyl carbamates (subject to hydrolysis) is 1. The quantitative estimate of drug-likeness (QED) is 0.355. The van der Waals surface area contributed by atoms with Crippen LogP contribution in [-0.4, -0.2) is 104 Å². The number of amides is 4. The van der Waals surface area contributed by atoms with Crippen LogP contribution in [0.5, 0.6) is 11.6 Å². The van der Waals surface area contributed by atoms with Gasteiger partial charge in [0.2, 0.25) is 27.7 Å². The fourth-order valence-electron chi connectivity index (χ4n) is 6.47. The molecular weight excluding hydrogens is 682 g/mol. The number of aromatic nitrogens is 1. The highest BCUT2D eigenvalue weighted by Gasteiger charge is 2.62. The van der Waals surface area contributed by atoms with Gasteiger partial charge in [-0.25, -0.2) is 18.2 Å². The van der Waals surface area contributed by atoms with Gasteiger partial charge in [0.25, 0.3) is 5.91 Å². The maximum absolute atomic E-state index is 14.3. The summed E-state index contributed by atoms with van der Waals surface area (Å²) in [5.41, 5.74) is -2.36. The van der Waals surface area contributed by atoms with E-state index in [4.69, 9.17) is 18.9 Å². The molecule has 2 aromatic rings. The molecule has 1 unspecified atom stereocenters. The van der Waals surface area contributed by atoms with E-state index in [1.807, 2.05) is 24.3 Å². The van der Waals surface area contributed by atoms with Crippen LogP contribution in [0.1, 0.15) is 59.3 Å². The summed E-state index contributed by atoms with van der Waals surface area (Å²) in [7, 11) is -2.33. The van der Waals surface area contributed by atoms with E-state index in [2.05, 4.69) is 20.3 Å². The van der Waals surface area contributed by atoms with Crippen molar-refractivity contribution in [3.63, 3.8) is 0 Å². The number of hydrogen-bond donors (Lipinski definition) is 3. The molecule has 3 N–H and O–H groups in total. The fraction of sp³-hybridized carbons (Fsp3) is 0.571. The third-order valence-electron chi connectivity index (χ3n) is 9.36. The van der Waals surface area contributed by atoms with Crippen LogP contribution in [0.4, 0.5) is 4.79 Å². The second kappa shape index (κ2) is 14.3. The molecule has 15 nitrogen and oxygen atoms in total. The van der Waals surface area contributed by atoms with E-state index >= 15 is 0 Å². The first kappa shape index (κ1) is 36.4. The normalized spacial score (nSPS) is 27.3. The Bertz CT molecular complexity index is 1820. The smallest absolute Gasteiger partial charge is 0.408 e. The second-order valence-corrected chi connectivity index (χ2v) is 16.4. The monoisotopic (exact) mass is 727 g/mol. The summed E-state index contributed by atoms with van der Waals surface area (Å²) in [6.45, 7) is 5.49. The van der Waals surface area contributed by atoms with Gasteiger partial charge < -0.3 is 34.5 Å². The topological polar surface area (TPSA) is 192 Å². The van der Waals surface area contributed by atoms with Crippen LogP contribution >= 0.6 is 0 Å². The number of carbonyl (C=O) groups excluding carboxylic acids is 4. The Hall–Kier alpha value is -4.44. The molecule has 4 aliphatic rings. The fourth-order valence-corrected chi connectivity index (χ4v) is 7.84. The molecule has 2 saturated carbocycles. The van der Waals surface area contributed by atoms with E-state index < -0.39 is 74.3 Å². The Morgan fingerprint density at radius 3 is 2.63 bits per heavy atom. The number of hydrogen-bond acceptors (Lipinski definition) is 11. The van der Waals surface area contributed by atoms with Gasteiger partial charge in [0.05, 0.1) is 25.5 Å². The standard InChI is InChI=1S/C35H45N5O10S/c1-34(2,3)50-33(44)37-27-13-16-48-15-6-5-7-22-19-35(22,32(43)39-51(45,46)25-9-10-25)38-29(41)28-18-24(20-40(28)31(27)42)49-30-26-11-8-23(47-4)17-21(26)12-14-36-30/h5,7-8,11-12,14,17,22,24-25,27-28H,6,9-10,13,15-16,18-20H2,1-4H3,(H,37,44)(H,38,41)(H,39,43)/t22-,24?,27+,28+,35-/m1/s1. The third kappa shape index (κ3) is 8.38. The molecular formula is C35H45N5O10S. The Morgan fingerprint density at radius 2 is 1.90 bits per heavy atom. The molecule has 4 amide bonds. The maximum Gasteiger partial charge on any atom is 0.408 e. The van der Waals surface area contributed by atoms with Crippen molar-refractivity contribution in [2.24, 2.45) is 5.92 Å².